The highest BCUT2D eigenvalue weighted by Crippen LogP contribution is 2.22. The van der Waals surface area contributed by atoms with E-state index in [2.05, 4.69) is 5.32 Å². The summed E-state index contributed by atoms with van der Waals surface area (Å²) in [4.78, 5) is 11.5. The number of anilines is 1. The molecule has 15 heavy (non-hydrogen) atoms. The summed E-state index contributed by atoms with van der Waals surface area (Å²) in [5, 5.41) is 2.73. The van der Waals surface area contributed by atoms with Crippen molar-refractivity contribution in [1.82, 2.24) is 0 Å². The van der Waals surface area contributed by atoms with Gasteiger partial charge in [-0.1, -0.05) is 11.6 Å². The van der Waals surface area contributed by atoms with Crippen molar-refractivity contribution in [3.8, 4) is 0 Å². The zero-order valence-electron chi connectivity index (χ0n) is 8.47. The molecule has 3 nitrogen and oxygen atoms in total. The van der Waals surface area contributed by atoms with Crippen LogP contribution in [0.15, 0.2) is 18.2 Å². The molecular formula is C10H12ClFN2O. The lowest BCUT2D eigenvalue weighted by atomic mass is 10.1. The predicted octanol–water partition coefficient (Wildman–Crippen LogP) is 2.15. The Labute approximate surface area is 92.4 Å². The highest BCUT2D eigenvalue weighted by Gasteiger charge is 2.22. The van der Waals surface area contributed by atoms with Crippen LogP contribution >= 0.6 is 11.6 Å². The van der Waals surface area contributed by atoms with Gasteiger partial charge in [0.05, 0.1) is 16.2 Å². The average molecular weight is 231 g/mol. The molecular weight excluding hydrogens is 219 g/mol. The molecule has 0 saturated carbocycles. The van der Waals surface area contributed by atoms with E-state index in [1.165, 1.54) is 12.1 Å². The number of benzene rings is 1. The lowest BCUT2D eigenvalue weighted by molar-refractivity contribution is -0.120. The average Bonchev–Trinajstić information content (AvgIpc) is 2.09. The first-order valence-electron chi connectivity index (χ1n) is 4.36. The van der Waals surface area contributed by atoms with E-state index in [9.17, 15) is 9.18 Å². The van der Waals surface area contributed by atoms with Crippen molar-refractivity contribution in [2.24, 2.45) is 5.73 Å². The largest absolute Gasteiger partial charge is 0.323 e. The van der Waals surface area contributed by atoms with Crippen LogP contribution in [0.1, 0.15) is 13.8 Å². The quantitative estimate of drug-likeness (QED) is 0.818. The topological polar surface area (TPSA) is 55.1 Å². The van der Waals surface area contributed by atoms with Crippen molar-refractivity contribution in [3.05, 3.63) is 29.0 Å². The molecule has 0 fully saturated rings. The number of hydrogen-bond acceptors (Lipinski definition) is 2. The lowest BCUT2D eigenvalue weighted by Gasteiger charge is -2.18. The van der Waals surface area contributed by atoms with E-state index < -0.39 is 17.3 Å². The summed E-state index contributed by atoms with van der Waals surface area (Å²) >= 11 is 5.77. The van der Waals surface area contributed by atoms with Gasteiger partial charge >= 0.3 is 0 Å². The van der Waals surface area contributed by atoms with Crippen LogP contribution < -0.4 is 11.1 Å². The first-order valence-corrected chi connectivity index (χ1v) is 4.74. The molecule has 82 valence electrons. The third kappa shape index (κ3) is 3.18. The Balaban J connectivity index is 2.90. The maximum absolute atomic E-state index is 12.9. The molecule has 1 amide bonds. The second-order valence-electron chi connectivity index (χ2n) is 3.80. The number of carbonyl (C=O) groups is 1. The summed E-state index contributed by atoms with van der Waals surface area (Å²) < 4.78 is 12.9. The minimum atomic E-state index is -1.03. The summed E-state index contributed by atoms with van der Waals surface area (Å²) in [7, 11) is 0. The maximum Gasteiger partial charge on any atom is 0.243 e. The summed E-state index contributed by atoms with van der Waals surface area (Å²) in [6.45, 7) is 3.10. The second kappa shape index (κ2) is 4.16. The molecule has 1 rings (SSSR count). The standard InChI is InChI=1S/C10H12ClFN2O/c1-10(2,13)9(15)14-8-5-6(12)3-4-7(8)11/h3-5H,13H2,1-2H3,(H,14,15). The van der Waals surface area contributed by atoms with Gasteiger partial charge in [0.2, 0.25) is 5.91 Å². The van der Waals surface area contributed by atoms with Gasteiger partial charge < -0.3 is 11.1 Å². The van der Waals surface area contributed by atoms with Crippen molar-refractivity contribution < 1.29 is 9.18 Å². The Kier molecular flexibility index (Phi) is 3.31. The number of amides is 1. The van der Waals surface area contributed by atoms with Crippen LogP contribution in [-0.4, -0.2) is 11.4 Å². The molecule has 1 aromatic rings. The molecule has 0 heterocycles. The van der Waals surface area contributed by atoms with E-state index in [1.54, 1.807) is 13.8 Å². The highest BCUT2D eigenvalue weighted by molar-refractivity contribution is 6.33. The molecule has 0 aromatic heterocycles. The molecule has 0 aliphatic carbocycles. The van der Waals surface area contributed by atoms with Gasteiger partial charge in [-0.2, -0.15) is 0 Å². The van der Waals surface area contributed by atoms with Crippen molar-refractivity contribution in [2.75, 3.05) is 5.32 Å². The van der Waals surface area contributed by atoms with Crippen LogP contribution in [0.3, 0.4) is 0 Å². The first-order chi connectivity index (χ1) is 6.80. The van der Waals surface area contributed by atoms with Gasteiger partial charge in [-0.15, -0.1) is 0 Å². The van der Waals surface area contributed by atoms with Gasteiger partial charge in [0.15, 0.2) is 0 Å². The minimum absolute atomic E-state index is 0.222. The van der Waals surface area contributed by atoms with E-state index in [1.807, 2.05) is 0 Å². The summed E-state index contributed by atoms with van der Waals surface area (Å²) in [5.41, 5.74) is 4.76. The Morgan fingerprint density at radius 2 is 2.13 bits per heavy atom. The number of carbonyl (C=O) groups excluding carboxylic acids is 1. The lowest BCUT2D eigenvalue weighted by Crippen LogP contribution is -2.45. The zero-order valence-corrected chi connectivity index (χ0v) is 9.23. The van der Waals surface area contributed by atoms with E-state index in [-0.39, 0.29) is 10.7 Å². The Morgan fingerprint density at radius 1 is 1.53 bits per heavy atom. The normalized spacial score (nSPS) is 11.3. The van der Waals surface area contributed by atoms with Crippen molar-refractivity contribution in [2.45, 2.75) is 19.4 Å². The molecule has 0 bridgehead atoms. The van der Waals surface area contributed by atoms with Crippen LogP contribution in [-0.2, 0) is 4.79 Å². The van der Waals surface area contributed by atoms with E-state index in [4.69, 9.17) is 17.3 Å². The molecule has 5 heteroatoms. The Hall–Kier alpha value is -1.13. The van der Waals surface area contributed by atoms with Crippen LogP contribution in [0, 0.1) is 5.82 Å². The molecule has 0 spiro atoms. The molecule has 0 radical (unpaired) electrons. The Morgan fingerprint density at radius 3 is 2.67 bits per heavy atom. The minimum Gasteiger partial charge on any atom is -0.323 e. The van der Waals surface area contributed by atoms with Crippen LogP contribution in [0.5, 0.6) is 0 Å². The Bertz CT molecular complexity index is 387. The summed E-state index contributed by atoms with van der Waals surface area (Å²) in [6.07, 6.45) is 0. The summed E-state index contributed by atoms with van der Waals surface area (Å²) in [6, 6.07) is 3.73. The fourth-order valence-electron chi connectivity index (χ4n) is 0.877. The molecule has 0 aliphatic rings. The predicted molar refractivity (Wildman–Crippen MR) is 58.3 cm³/mol. The van der Waals surface area contributed by atoms with E-state index >= 15 is 0 Å². The first kappa shape index (κ1) is 11.9. The summed E-state index contributed by atoms with van der Waals surface area (Å²) in [5.74, 6) is -0.889. The number of nitrogens with two attached hydrogens (primary N) is 1. The molecule has 0 aliphatic heterocycles. The number of halogens is 2. The van der Waals surface area contributed by atoms with E-state index in [0.29, 0.717) is 0 Å². The van der Waals surface area contributed by atoms with Crippen molar-refractivity contribution in [3.63, 3.8) is 0 Å². The maximum atomic E-state index is 12.9. The van der Waals surface area contributed by atoms with Crippen LogP contribution in [0.25, 0.3) is 0 Å². The van der Waals surface area contributed by atoms with Gasteiger partial charge in [-0.3, -0.25) is 4.79 Å². The third-order valence-electron chi connectivity index (χ3n) is 1.76. The third-order valence-corrected chi connectivity index (χ3v) is 2.09. The number of hydrogen-bond donors (Lipinski definition) is 2. The molecule has 0 atom stereocenters. The van der Waals surface area contributed by atoms with Crippen LogP contribution in [0.4, 0.5) is 10.1 Å². The number of nitrogens with one attached hydrogen (secondary N) is 1. The number of rotatable bonds is 2. The van der Waals surface area contributed by atoms with Gasteiger partial charge in [-0.05, 0) is 32.0 Å². The van der Waals surface area contributed by atoms with Gasteiger partial charge in [0.1, 0.15) is 5.82 Å². The van der Waals surface area contributed by atoms with Gasteiger partial charge in [-0.25, -0.2) is 4.39 Å². The highest BCUT2D eigenvalue weighted by atomic mass is 35.5. The smallest absolute Gasteiger partial charge is 0.243 e. The fraction of sp³-hybridized carbons (Fsp3) is 0.300. The monoisotopic (exact) mass is 230 g/mol. The van der Waals surface area contributed by atoms with Crippen LogP contribution in [0.2, 0.25) is 5.02 Å². The van der Waals surface area contributed by atoms with Gasteiger partial charge in [0.25, 0.3) is 0 Å². The molecule has 0 saturated heterocycles. The molecule has 3 N–H and O–H groups in total. The zero-order chi connectivity index (χ0) is 11.6. The fourth-order valence-corrected chi connectivity index (χ4v) is 1.04. The van der Waals surface area contributed by atoms with Gasteiger partial charge in [0, 0.05) is 0 Å². The molecule has 0 unspecified atom stereocenters. The SMILES string of the molecule is CC(C)(N)C(=O)Nc1cc(F)ccc1Cl. The van der Waals surface area contributed by atoms with E-state index in [0.717, 1.165) is 6.07 Å². The van der Waals surface area contributed by atoms with Crippen molar-refractivity contribution >= 4 is 23.2 Å². The molecule has 1 aromatic carbocycles. The van der Waals surface area contributed by atoms with Crippen molar-refractivity contribution in [1.29, 1.82) is 0 Å². The second-order valence-corrected chi connectivity index (χ2v) is 4.21.